The van der Waals surface area contributed by atoms with Gasteiger partial charge in [0, 0.05) is 6.54 Å². The Kier molecular flexibility index (Phi) is 5.25. The molecule has 2 N–H and O–H groups in total. The number of aliphatic hydroxyl groups is 1. The second-order valence-electron chi connectivity index (χ2n) is 4.32. The number of aryl methyl sites for hydroxylation is 1. The van der Waals surface area contributed by atoms with Crippen LogP contribution in [0.5, 0.6) is 0 Å². The van der Waals surface area contributed by atoms with E-state index in [2.05, 4.69) is 4.72 Å². The molecule has 0 amide bonds. The van der Waals surface area contributed by atoms with Gasteiger partial charge < -0.3 is 5.11 Å². The maximum absolute atomic E-state index is 13.4. The number of aliphatic hydroxyl groups excluding tert-OH is 1. The van der Waals surface area contributed by atoms with Crippen molar-refractivity contribution in [2.75, 3.05) is 6.54 Å². The molecule has 0 radical (unpaired) electrons. The average Bonchev–Trinajstić information content (AvgIpc) is 2.27. The van der Waals surface area contributed by atoms with Gasteiger partial charge in [-0.3, -0.25) is 0 Å². The van der Waals surface area contributed by atoms with Crippen LogP contribution in [0.2, 0.25) is 0 Å². The molecular weight excluding hydrogens is 257 g/mol. The van der Waals surface area contributed by atoms with Crippen molar-refractivity contribution in [3.05, 3.63) is 29.6 Å². The molecule has 1 aromatic rings. The number of hydrogen-bond donors (Lipinski definition) is 2. The first-order valence-electron chi connectivity index (χ1n) is 5.77. The lowest BCUT2D eigenvalue weighted by atomic mass is 10.2. The van der Waals surface area contributed by atoms with Gasteiger partial charge in [-0.1, -0.05) is 6.07 Å². The number of rotatable bonds is 6. The number of hydrogen-bond acceptors (Lipinski definition) is 3. The van der Waals surface area contributed by atoms with E-state index in [0.29, 0.717) is 18.4 Å². The maximum atomic E-state index is 13.4. The minimum atomic E-state index is -3.82. The molecule has 0 heterocycles. The molecule has 1 aromatic carbocycles. The molecule has 6 heteroatoms. The van der Waals surface area contributed by atoms with Gasteiger partial charge in [0.25, 0.3) is 0 Å². The predicted octanol–water partition coefficient (Wildman–Crippen LogP) is 1.57. The molecule has 0 saturated heterocycles. The van der Waals surface area contributed by atoms with E-state index in [1.54, 1.807) is 13.8 Å². The van der Waals surface area contributed by atoms with Crippen molar-refractivity contribution in [1.82, 2.24) is 4.72 Å². The highest BCUT2D eigenvalue weighted by Crippen LogP contribution is 2.15. The van der Waals surface area contributed by atoms with E-state index in [1.807, 2.05) is 0 Å². The molecule has 0 aliphatic carbocycles. The highest BCUT2D eigenvalue weighted by atomic mass is 32.2. The molecular formula is C12H18FNO3S. The van der Waals surface area contributed by atoms with Crippen LogP contribution in [0.4, 0.5) is 4.39 Å². The first-order chi connectivity index (χ1) is 8.33. The Balaban J connectivity index is 2.71. The molecule has 0 spiro atoms. The SMILES string of the molecule is Cc1ccc(F)c(S(=O)(=O)NCCCC(C)O)c1. The Hall–Kier alpha value is -0.980. The van der Waals surface area contributed by atoms with E-state index in [1.165, 1.54) is 12.1 Å². The third-order valence-corrected chi connectivity index (χ3v) is 3.94. The molecule has 1 unspecified atom stereocenters. The van der Waals surface area contributed by atoms with Gasteiger partial charge in [-0.05, 0) is 44.4 Å². The molecule has 102 valence electrons. The van der Waals surface area contributed by atoms with Gasteiger partial charge in [0.1, 0.15) is 10.7 Å². The fraction of sp³-hybridized carbons (Fsp3) is 0.500. The van der Waals surface area contributed by atoms with Crippen LogP contribution in [0.1, 0.15) is 25.3 Å². The van der Waals surface area contributed by atoms with Crippen LogP contribution < -0.4 is 4.72 Å². The Morgan fingerprint density at radius 1 is 1.44 bits per heavy atom. The van der Waals surface area contributed by atoms with Crippen molar-refractivity contribution in [3.8, 4) is 0 Å². The molecule has 0 saturated carbocycles. The largest absolute Gasteiger partial charge is 0.393 e. The van der Waals surface area contributed by atoms with Crippen LogP contribution in [0.3, 0.4) is 0 Å². The first-order valence-corrected chi connectivity index (χ1v) is 7.25. The van der Waals surface area contributed by atoms with Gasteiger partial charge in [-0.2, -0.15) is 0 Å². The second kappa shape index (κ2) is 6.26. The molecule has 0 aromatic heterocycles. The maximum Gasteiger partial charge on any atom is 0.243 e. The monoisotopic (exact) mass is 275 g/mol. The topological polar surface area (TPSA) is 66.4 Å². The lowest BCUT2D eigenvalue weighted by molar-refractivity contribution is 0.182. The summed E-state index contributed by atoms with van der Waals surface area (Å²) >= 11 is 0. The lowest BCUT2D eigenvalue weighted by Crippen LogP contribution is -2.26. The summed E-state index contributed by atoms with van der Waals surface area (Å²) in [7, 11) is -3.82. The van der Waals surface area contributed by atoms with E-state index in [4.69, 9.17) is 5.11 Å². The normalized spacial score (nSPS) is 13.6. The predicted molar refractivity (Wildman–Crippen MR) is 67.2 cm³/mol. The number of halogens is 1. The third-order valence-electron chi connectivity index (χ3n) is 2.47. The van der Waals surface area contributed by atoms with Crippen LogP contribution in [0, 0.1) is 12.7 Å². The van der Waals surface area contributed by atoms with Crippen molar-refractivity contribution in [2.45, 2.75) is 37.7 Å². The van der Waals surface area contributed by atoms with Crippen molar-refractivity contribution in [1.29, 1.82) is 0 Å². The quantitative estimate of drug-likeness (QED) is 0.775. The summed E-state index contributed by atoms with van der Waals surface area (Å²) in [6.07, 6.45) is 0.536. The molecule has 4 nitrogen and oxygen atoms in total. The van der Waals surface area contributed by atoms with Crippen LogP contribution in [-0.4, -0.2) is 26.2 Å². The molecule has 0 bridgehead atoms. The van der Waals surface area contributed by atoms with Crippen LogP contribution in [0.25, 0.3) is 0 Å². The lowest BCUT2D eigenvalue weighted by Gasteiger charge is -2.09. The first kappa shape index (κ1) is 15.1. The van der Waals surface area contributed by atoms with E-state index in [9.17, 15) is 12.8 Å². The van der Waals surface area contributed by atoms with E-state index in [-0.39, 0.29) is 11.4 Å². The smallest absolute Gasteiger partial charge is 0.243 e. The van der Waals surface area contributed by atoms with Gasteiger partial charge in [0.2, 0.25) is 10.0 Å². The third kappa shape index (κ3) is 4.36. The fourth-order valence-corrected chi connectivity index (χ4v) is 2.73. The Bertz CT molecular complexity index is 500. The van der Waals surface area contributed by atoms with Gasteiger partial charge in [-0.25, -0.2) is 17.5 Å². The number of nitrogens with one attached hydrogen (secondary N) is 1. The summed E-state index contributed by atoms with van der Waals surface area (Å²) in [5.41, 5.74) is 0.681. The molecule has 1 rings (SSSR count). The van der Waals surface area contributed by atoms with Crippen LogP contribution in [-0.2, 0) is 10.0 Å². The zero-order chi connectivity index (χ0) is 13.8. The number of benzene rings is 1. The fourth-order valence-electron chi connectivity index (χ4n) is 1.50. The summed E-state index contributed by atoms with van der Waals surface area (Å²) in [6.45, 7) is 3.52. The minimum Gasteiger partial charge on any atom is -0.393 e. The standard InChI is InChI=1S/C12H18FNO3S/c1-9-5-6-11(13)12(8-9)18(16,17)14-7-3-4-10(2)15/h5-6,8,10,14-15H,3-4,7H2,1-2H3. The van der Waals surface area contributed by atoms with Gasteiger partial charge in [0.05, 0.1) is 6.10 Å². The molecule has 0 aliphatic heterocycles. The molecule has 18 heavy (non-hydrogen) atoms. The molecule has 1 atom stereocenters. The van der Waals surface area contributed by atoms with Crippen molar-refractivity contribution in [3.63, 3.8) is 0 Å². The Morgan fingerprint density at radius 3 is 2.72 bits per heavy atom. The summed E-state index contributed by atoms with van der Waals surface area (Å²) in [5, 5.41) is 9.04. The molecule has 0 aliphatic rings. The zero-order valence-electron chi connectivity index (χ0n) is 10.5. The highest BCUT2D eigenvalue weighted by molar-refractivity contribution is 7.89. The van der Waals surface area contributed by atoms with Crippen LogP contribution in [0.15, 0.2) is 23.1 Å². The summed E-state index contributed by atoms with van der Waals surface area (Å²) in [4.78, 5) is -0.334. The van der Waals surface area contributed by atoms with Gasteiger partial charge in [0.15, 0.2) is 0 Å². The van der Waals surface area contributed by atoms with Crippen molar-refractivity contribution in [2.24, 2.45) is 0 Å². The van der Waals surface area contributed by atoms with Gasteiger partial charge >= 0.3 is 0 Å². The zero-order valence-corrected chi connectivity index (χ0v) is 11.3. The van der Waals surface area contributed by atoms with Crippen molar-refractivity contribution >= 4 is 10.0 Å². The number of sulfonamides is 1. The minimum absolute atomic E-state index is 0.181. The molecule has 0 fully saturated rings. The Morgan fingerprint density at radius 2 is 2.11 bits per heavy atom. The van der Waals surface area contributed by atoms with E-state index >= 15 is 0 Å². The summed E-state index contributed by atoms with van der Waals surface area (Å²) in [6, 6.07) is 3.95. The average molecular weight is 275 g/mol. The van der Waals surface area contributed by atoms with Gasteiger partial charge in [-0.15, -0.1) is 0 Å². The second-order valence-corrected chi connectivity index (χ2v) is 6.06. The Labute approximate surface area is 107 Å². The summed E-state index contributed by atoms with van der Waals surface area (Å²) in [5.74, 6) is -0.761. The highest BCUT2D eigenvalue weighted by Gasteiger charge is 2.18. The summed E-state index contributed by atoms with van der Waals surface area (Å²) < 4.78 is 39.4. The van der Waals surface area contributed by atoms with Crippen molar-refractivity contribution < 1.29 is 17.9 Å². The van der Waals surface area contributed by atoms with Crippen LogP contribution >= 0.6 is 0 Å². The van der Waals surface area contributed by atoms with E-state index < -0.39 is 21.9 Å². The van der Waals surface area contributed by atoms with E-state index in [0.717, 1.165) is 6.07 Å².